The Labute approximate surface area is 148 Å². The highest BCUT2D eigenvalue weighted by Crippen LogP contribution is 2.33. The zero-order chi connectivity index (χ0) is 18.6. The van der Waals surface area contributed by atoms with Crippen LogP contribution >= 0.6 is 0 Å². The van der Waals surface area contributed by atoms with Crippen LogP contribution in [0.1, 0.15) is 21.5 Å². The number of carbonyl (C=O) groups is 1. The summed E-state index contributed by atoms with van der Waals surface area (Å²) in [6.45, 7) is 0.417. The third kappa shape index (κ3) is 4.11. The summed E-state index contributed by atoms with van der Waals surface area (Å²) >= 11 is 0. The van der Waals surface area contributed by atoms with Gasteiger partial charge in [-0.3, -0.25) is 4.79 Å². The van der Waals surface area contributed by atoms with Crippen molar-refractivity contribution in [2.24, 2.45) is 0 Å². The zero-order valence-electron chi connectivity index (χ0n) is 13.7. The summed E-state index contributed by atoms with van der Waals surface area (Å²) in [6, 6.07) is 19.7. The first kappa shape index (κ1) is 17.7. The van der Waals surface area contributed by atoms with Gasteiger partial charge >= 0.3 is 6.18 Å². The summed E-state index contributed by atoms with van der Waals surface area (Å²) < 4.78 is 44.0. The molecule has 0 radical (unpaired) electrons. The predicted octanol–water partition coefficient (Wildman–Crippen LogP) is 5.76. The Bertz CT molecular complexity index is 885. The lowest BCUT2D eigenvalue weighted by atomic mass is 9.98. The predicted molar refractivity (Wildman–Crippen MR) is 93.0 cm³/mol. The molecule has 3 rings (SSSR count). The highest BCUT2D eigenvalue weighted by atomic mass is 19.4. The third-order valence-electron chi connectivity index (χ3n) is 3.92. The molecule has 0 spiro atoms. The smallest absolute Gasteiger partial charge is 0.416 e. The summed E-state index contributed by atoms with van der Waals surface area (Å²) in [5.41, 5.74) is 1.28. The molecule has 2 nitrogen and oxygen atoms in total. The van der Waals surface area contributed by atoms with Gasteiger partial charge in [0.2, 0.25) is 0 Å². The molecule has 0 atom stereocenters. The van der Waals surface area contributed by atoms with E-state index in [1.807, 2.05) is 30.3 Å². The van der Waals surface area contributed by atoms with E-state index in [1.54, 1.807) is 24.3 Å². The first-order valence-electron chi connectivity index (χ1n) is 7.91. The van der Waals surface area contributed by atoms with E-state index in [0.717, 1.165) is 17.7 Å². The van der Waals surface area contributed by atoms with E-state index >= 15 is 0 Å². The van der Waals surface area contributed by atoms with E-state index in [4.69, 9.17) is 4.74 Å². The molecule has 0 aliphatic heterocycles. The first-order valence-corrected chi connectivity index (χ1v) is 7.91. The van der Waals surface area contributed by atoms with Gasteiger partial charge in [0.15, 0.2) is 6.29 Å². The fraction of sp³-hybridized carbons (Fsp3) is 0.0952. The Kier molecular flexibility index (Phi) is 5.07. The normalized spacial score (nSPS) is 11.2. The fourth-order valence-electron chi connectivity index (χ4n) is 2.57. The van der Waals surface area contributed by atoms with Crippen LogP contribution in [0, 0.1) is 0 Å². The second-order valence-electron chi connectivity index (χ2n) is 5.72. The maximum absolute atomic E-state index is 12.8. The van der Waals surface area contributed by atoms with Crippen LogP contribution in [0.25, 0.3) is 11.1 Å². The maximum atomic E-state index is 12.8. The minimum atomic E-state index is -4.48. The van der Waals surface area contributed by atoms with Crippen LogP contribution < -0.4 is 4.74 Å². The monoisotopic (exact) mass is 356 g/mol. The lowest BCUT2D eigenvalue weighted by Crippen LogP contribution is -2.05. The Morgan fingerprint density at radius 1 is 0.885 bits per heavy atom. The topological polar surface area (TPSA) is 26.3 Å². The average Bonchev–Trinajstić information content (AvgIpc) is 2.66. The van der Waals surface area contributed by atoms with Gasteiger partial charge in [0, 0.05) is 5.56 Å². The average molecular weight is 356 g/mol. The van der Waals surface area contributed by atoms with Crippen LogP contribution in [0.2, 0.25) is 0 Å². The highest BCUT2D eigenvalue weighted by molar-refractivity contribution is 5.88. The Hall–Kier alpha value is -3.08. The van der Waals surface area contributed by atoms with Crippen LogP contribution in [0.5, 0.6) is 5.75 Å². The zero-order valence-corrected chi connectivity index (χ0v) is 13.7. The molecule has 0 amide bonds. The molecule has 0 unspecified atom stereocenters. The van der Waals surface area contributed by atoms with Crippen LogP contribution in [-0.4, -0.2) is 6.29 Å². The summed E-state index contributed by atoms with van der Waals surface area (Å²) in [4.78, 5) is 11.2. The molecule has 3 aromatic carbocycles. The van der Waals surface area contributed by atoms with E-state index in [9.17, 15) is 18.0 Å². The lowest BCUT2D eigenvalue weighted by Gasteiger charge is -2.11. The molecule has 0 bridgehead atoms. The van der Waals surface area contributed by atoms with E-state index in [-0.39, 0.29) is 5.56 Å². The van der Waals surface area contributed by atoms with Crippen LogP contribution in [0.15, 0.2) is 72.8 Å². The largest absolute Gasteiger partial charge is 0.489 e. The SMILES string of the molecule is O=Cc1cc(C(F)(F)F)ccc1-c1ccc(OCc2ccccc2)cc1. The lowest BCUT2D eigenvalue weighted by molar-refractivity contribution is -0.137. The van der Waals surface area contributed by atoms with Gasteiger partial charge in [0.05, 0.1) is 5.56 Å². The van der Waals surface area contributed by atoms with E-state index in [2.05, 4.69) is 0 Å². The van der Waals surface area contributed by atoms with Crippen molar-refractivity contribution in [3.63, 3.8) is 0 Å². The van der Waals surface area contributed by atoms with Gasteiger partial charge in [-0.1, -0.05) is 48.5 Å². The molecule has 0 saturated carbocycles. The molecule has 0 fully saturated rings. The van der Waals surface area contributed by atoms with Gasteiger partial charge in [0.1, 0.15) is 12.4 Å². The molecular weight excluding hydrogens is 341 g/mol. The molecule has 0 N–H and O–H groups in total. The van der Waals surface area contributed by atoms with Gasteiger partial charge < -0.3 is 4.74 Å². The van der Waals surface area contributed by atoms with Crippen molar-refractivity contribution in [3.8, 4) is 16.9 Å². The van der Waals surface area contributed by atoms with Crippen molar-refractivity contribution in [1.82, 2.24) is 0 Å². The number of halogens is 3. The number of hydrogen-bond acceptors (Lipinski definition) is 2. The maximum Gasteiger partial charge on any atom is 0.416 e. The highest BCUT2D eigenvalue weighted by Gasteiger charge is 2.31. The standard InChI is InChI=1S/C21H15F3O2/c22-21(23,24)18-8-11-20(17(12-18)13-25)16-6-9-19(10-7-16)26-14-15-4-2-1-3-5-15/h1-13H,14H2. The van der Waals surface area contributed by atoms with Crippen LogP contribution in [0.4, 0.5) is 13.2 Å². The quantitative estimate of drug-likeness (QED) is 0.543. The van der Waals surface area contributed by atoms with Gasteiger partial charge in [-0.15, -0.1) is 0 Å². The summed E-state index contributed by atoms with van der Waals surface area (Å²) in [7, 11) is 0. The third-order valence-corrected chi connectivity index (χ3v) is 3.92. The number of alkyl halides is 3. The number of benzene rings is 3. The molecule has 5 heteroatoms. The molecule has 0 aliphatic rings. The van der Waals surface area contributed by atoms with Crippen molar-refractivity contribution in [1.29, 1.82) is 0 Å². The van der Waals surface area contributed by atoms with Crippen molar-refractivity contribution in [2.45, 2.75) is 12.8 Å². The Morgan fingerprint density at radius 3 is 2.19 bits per heavy atom. The molecule has 26 heavy (non-hydrogen) atoms. The minimum absolute atomic E-state index is 0.00206. The number of aldehydes is 1. The van der Waals surface area contributed by atoms with Gasteiger partial charge in [-0.25, -0.2) is 0 Å². The molecule has 0 saturated heterocycles. The summed E-state index contributed by atoms with van der Waals surface area (Å²) in [5, 5.41) is 0. The van der Waals surface area contributed by atoms with Crippen LogP contribution in [0.3, 0.4) is 0 Å². The summed E-state index contributed by atoms with van der Waals surface area (Å²) in [5.74, 6) is 0.636. The van der Waals surface area contributed by atoms with Gasteiger partial charge in [-0.05, 0) is 41.0 Å². The number of carbonyl (C=O) groups excluding carboxylic acids is 1. The van der Waals surface area contributed by atoms with Crippen molar-refractivity contribution < 1.29 is 22.7 Å². The van der Waals surface area contributed by atoms with Crippen molar-refractivity contribution >= 4 is 6.29 Å². The second-order valence-corrected chi connectivity index (χ2v) is 5.72. The first-order chi connectivity index (χ1) is 12.5. The molecule has 0 aliphatic carbocycles. The van der Waals surface area contributed by atoms with E-state index < -0.39 is 11.7 Å². The van der Waals surface area contributed by atoms with Crippen molar-refractivity contribution in [3.05, 3.63) is 89.5 Å². The van der Waals surface area contributed by atoms with Crippen molar-refractivity contribution in [2.75, 3.05) is 0 Å². The molecule has 3 aromatic rings. The molecule has 0 heterocycles. The number of hydrogen-bond donors (Lipinski definition) is 0. The van der Waals surface area contributed by atoms with Gasteiger partial charge in [0.25, 0.3) is 0 Å². The van der Waals surface area contributed by atoms with Gasteiger partial charge in [-0.2, -0.15) is 13.2 Å². The second kappa shape index (κ2) is 7.44. The van der Waals surface area contributed by atoms with E-state index in [0.29, 0.717) is 29.8 Å². The minimum Gasteiger partial charge on any atom is -0.489 e. The number of ether oxygens (including phenoxy) is 1. The van der Waals surface area contributed by atoms with E-state index in [1.165, 1.54) is 6.07 Å². The Morgan fingerprint density at radius 2 is 1.58 bits per heavy atom. The fourth-order valence-corrected chi connectivity index (χ4v) is 2.57. The molecule has 132 valence electrons. The summed E-state index contributed by atoms with van der Waals surface area (Å²) in [6.07, 6.45) is -4.05. The van der Waals surface area contributed by atoms with Crippen LogP contribution in [-0.2, 0) is 12.8 Å². The molecule has 0 aromatic heterocycles. The molecular formula is C21H15F3O2. The number of rotatable bonds is 5. The Balaban J connectivity index is 1.79.